The van der Waals surface area contributed by atoms with Crippen molar-refractivity contribution in [3.63, 3.8) is 0 Å². The van der Waals surface area contributed by atoms with Crippen LogP contribution in [0.5, 0.6) is 5.75 Å². The van der Waals surface area contributed by atoms with Crippen LogP contribution in [-0.4, -0.2) is 24.3 Å². The molecule has 2 N–H and O–H groups in total. The molecule has 1 unspecified atom stereocenters. The molecule has 0 aliphatic rings. The van der Waals surface area contributed by atoms with Gasteiger partial charge in [0.05, 0.1) is 12.2 Å². The summed E-state index contributed by atoms with van der Waals surface area (Å²) in [5.74, 6) is 0.814. The second-order valence-corrected chi connectivity index (χ2v) is 6.03. The number of aliphatic hydroxyl groups excluding tert-OH is 1. The molecule has 0 amide bonds. The predicted octanol–water partition coefficient (Wildman–Crippen LogP) is 3.73. The summed E-state index contributed by atoms with van der Waals surface area (Å²) in [5, 5.41) is 13.7. The summed E-state index contributed by atoms with van der Waals surface area (Å²) in [7, 11) is 0. The molecule has 0 aliphatic heterocycles. The fourth-order valence-electron chi connectivity index (χ4n) is 2.48. The Morgan fingerprint density at radius 1 is 1.00 bits per heavy atom. The molecular formula is C20H27NO2. The molecule has 3 nitrogen and oxygen atoms in total. The van der Waals surface area contributed by atoms with Gasteiger partial charge in [-0.3, -0.25) is 0 Å². The van der Waals surface area contributed by atoms with Gasteiger partial charge in [-0.25, -0.2) is 0 Å². The van der Waals surface area contributed by atoms with Gasteiger partial charge in [0.1, 0.15) is 5.75 Å². The van der Waals surface area contributed by atoms with Crippen molar-refractivity contribution in [2.75, 3.05) is 13.1 Å². The lowest BCUT2D eigenvalue weighted by molar-refractivity contribution is 0.166. The first-order chi connectivity index (χ1) is 11.1. The zero-order valence-electron chi connectivity index (χ0n) is 14.0. The van der Waals surface area contributed by atoms with Gasteiger partial charge < -0.3 is 15.2 Å². The van der Waals surface area contributed by atoms with Gasteiger partial charge in [-0.2, -0.15) is 0 Å². The van der Waals surface area contributed by atoms with Gasteiger partial charge in [-0.05, 0) is 63.0 Å². The van der Waals surface area contributed by atoms with Crippen LogP contribution in [0.3, 0.4) is 0 Å². The van der Waals surface area contributed by atoms with Crippen LogP contribution < -0.4 is 10.1 Å². The molecule has 2 aromatic carbocycles. The first-order valence-corrected chi connectivity index (χ1v) is 8.34. The summed E-state index contributed by atoms with van der Waals surface area (Å²) in [6.45, 7) is 5.72. The summed E-state index contributed by atoms with van der Waals surface area (Å²) in [6.07, 6.45) is 1.38. The van der Waals surface area contributed by atoms with Crippen molar-refractivity contribution in [1.82, 2.24) is 5.32 Å². The molecule has 0 fully saturated rings. The SMILES string of the molecule is CC(C)Oc1cccc(C(O)CCNCCc2ccccc2)c1. The first-order valence-electron chi connectivity index (χ1n) is 8.34. The lowest BCUT2D eigenvalue weighted by Crippen LogP contribution is -2.20. The average Bonchev–Trinajstić information content (AvgIpc) is 2.55. The monoisotopic (exact) mass is 313 g/mol. The van der Waals surface area contributed by atoms with E-state index in [9.17, 15) is 5.11 Å². The van der Waals surface area contributed by atoms with Gasteiger partial charge >= 0.3 is 0 Å². The van der Waals surface area contributed by atoms with E-state index in [1.165, 1.54) is 5.56 Å². The Balaban J connectivity index is 1.71. The molecule has 0 spiro atoms. The molecule has 0 aromatic heterocycles. The standard InChI is InChI=1S/C20H27NO2/c1-16(2)23-19-10-6-9-18(15-19)20(22)12-14-21-13-11-17-7-4-3-5-8-17/h3-10,15-16,20-22H,11-14H2,1-2H3. The minimum atomic E-state index is -0.463. The Morgan fingerprint density at radius 2 is 1.78 bits per heavy atom. The molecular weight excluding hydrogens is 286 g/mol. The van der Waals surface area contributed by atoms with E-state index in [0.717, 1.165) is 30.8 Å². The van der Waals surface area contributed by atoms with Crippen molar-refractivity contribution in [2.45, 2.75) is 38.9 Å². The normalized spacial score (nSPS) is 12.3. The highest BCUT2D eigenvalue weighted by Gasteiger charge is 2.08. The molecule has 1 atom stereocenters. The number of aliphatic hydroxyl groups is 1. The highest BCUT2D eigenvalue weighted by atomic mass is 16.5. The van der Waals surface area contributed by atoms with E-state index >= 15 is 0 Å². The first kappa shape index (κ1) is 17.5. The summed E-state index contributed by atoms with van der Waals surface area (Å²) in [5.41, 5.74) is 2.24. The highest BCUT2D eigenvalue weighted by molar-refractivity contribution is 5.30. The maximum atomic E-state index is 10.3. The average molecular weight is 313 g/mol. The molecule has 0 bridgehead atoms. The summed E-state index contributed by atoms with van der Waals surface area (Å²) >= 11 is 0. The summed E-state index contributed by atoms with van der Waals surface area (Å²) in [6, 6.07) is 18.2. The molecule has 2 rings (SSSR count). The molecule has 2 aromatic rings. The second-order valence-electron chi connectivity index (χ2n) is 6.03. The maximum Gasteiger partial charge on any atom is 0.120 e. The molecule has 0 saturated carbocycles. The van der Waals surface area contributed by atoms with E-state index in [1.807, 2.05) is 44.2 Å². The topological polar surface area (TPSA) is 41.5 Å². The maximum absolute atomic E-state index is 10.3. The van der Waals surface area contributed by atoms with E-state index in [4.69, 9.17) is 4.74 Å². The van der Waals surface area contributed by atoms with Crippen LogP contribution in [0.2, 0.25) is 0 Å². The Labute approximate surface area is 139 Å². The van der Waals surface area contributed by atoms with Gasteiger partial charge in [0.2, 0.25) is 0 Å². The van der Waals surface area contributed by atoms with Crippen molar-refractivity contribution < 1.29 is 9.84 Å². The van der Waals surface area contributed by atoms with Crippen LogP contribution in [0.1, 0.15) is 37.5 Å². The molecule has 0 radical (unpaired) electrons. The minimum Gasteiger partial charge on any atom is -0.491 e. The van der Waals surface area contributed by atoms with E-state index < -0.39 is 6.10 Å². The van der Waals surface area contributed by atoms with Crippen molar-refractivity contribution >= 4 is 0 Å². The quantitative estimate of drug-likeness (QED) is 0.693. The third-order valence-electron chi connectivity index (χ3n) is 3.64. The molecule has 0 saturated heterocycles. The molecule has 23 heavy (non-hydrogen) atoms. The van der Waals surface area contributed by atoms with Crippen LogP contribution >= 0.6 is 0 Å². The van der Waals surface area contributed by atoms with Crippen molar-refractivity contribution in [3.05, 3.63) is 65.7 Å². The Hall–Kier alpha value is -1.84. The third kappa shape index (κ3) is 6.43. The number of rotatable bonds is 9. The fourth-order valence-corrected chi connectivity index (χ4v) is 2.48. The van der Waals surface area contributed by atoms with Crippen molar-refractivity contribution in [3.8, 4) is 5.75 Å². The largest absolute Gasteiger partial charge is 0.491 e. The zero-order chi connectivity index (χ0) is 16.5. The van der Waals surface area contributed by atoms with Crippen molar-refractivity contribution in [1.29, 1.82) is 0 Å². The lowest BCUT2D eigenvalue weighted by atomic mass is 10.1. The highest BCUT2D eigenvalue weighted by Crippen LogP contribution is 2.22. The fraction of sp³-hybridized carbons (Fsp3) is 0.400. The number of ether oxygens (including phenoxy) is 1. The summed E-state index contributed by atoms with van der Waals surface area (Å²) in [4.78, 5) is 0. The van der Waals surface area contributed by atoms with Gasteiger partial charge in [0, 0.05) is 0 Å². The smallest absolute Gasteiger partial charge is 0.120 e. The molecule has 0 heterocycles. The van der Waals surface area contributed by atoms with Crippen LogP contribution in [0.4, 0.5) is 0 Å². The minimum absolute atomic E-state index is 0.141. The van der Waals surface area contributed by atoms with E-state index in [1.54, 1.807) is 0 Å². The number of hydrogen-bond acceptors (Lipinski definition) is 3. The Bertz CT molecular complexity index is 569. The second kappa shape index (κ2) is 9.33. The third-order valence-corrected chi connectivity index (χ3v) is 3.64. The number of benzene rings is 2. The van der Waals surface area contributed by atoms with Gasteiger partial charge in [-0.1, -0.05) is 42.5 Å². The van der Waals surface area contributed by atoms with Gasteiger partial charge in [-0.15, -0.1) is 0 Å². The van der Waals surface area contributed by atoms with E-state index in [0.29, 0.717) is 6.42 Å². The Morgan fingerprint density at radius 3 is 2.52 bits per heavy atom. The van der Waals surface area contributed by atoms with Gasteiger partial charge in [0.25, 0.3) is 0 Å². The molecule has 3 heteroatoms. The van der Waals surface area contributed by atoms with E-state index in [2.05, 4.69) is 29.6 Å². The zero-order valence-corrected chi connectivity index (χ0v) is 14.0. The van der Waals surface area contributed by atoms with Crippen LogP contribution in [0.15, 0.2) is 54.6 Å². The lowest BCUT2D eigenvalue weighted by Gasteiger charge is -2.15. The Kier molecular flexibility index (Phi) is 7.11. The van der Waals surface area contributed by atoms with Gasteiger partial charge in [0.15, 0.2) is 0 Å². The van der Waals surface area contributed by atoms with E-state index in [-0.39, 0.29) is 6.10 Å². The van der Waals surface area contributed by atoms with Crippen LogP contribution in [0, 0.1) is 0 Å². The van der Waals surface area contributed by atoms with Crippen LogP contribution in [-0.2, 0) is 6.42 Å². The molecule has 0 aliphatic carbocycles. The predicted molar refractivity (Wildman–Crippen MR) is 94.8 cm³/mol. The van der Waals surface area contributed by atoms with Crippen molar-refractivity contribution in [2.24, 2.45) is 0 Å². The molecule has 124 valence electrons. The van der Waals surface area contributed by atoms with Crippen LogP contribution in [0.25, 0.3) is 0 Å². The number of hydrogen-bond donors (Lipinski definition) is 2. The number of nitrogens with one attached hydrogen (secondary N) is 1. The summed E-state index contributed by atoms with van der Waals surface area (Å²) < 4.78 is 5.67.